The molecule has 0 aromatic rings. The molecule has 0 radical (unpaired) electrons. The summed E-state index contributed by atoms with van der Waals surface area (Å²) in [6.07, 6.45) is 3.82. The standard InChI is InChI=1S/C13H28N2O/c1-4-6-8-15(5-2)10-13(14-3)12-7-9-16-11-12/h12-14H,4-11H2,1-3H3. The van der Waals surface area contributed by atoms with Gasteiger partial charge in [-0.05, 0) is 33.0 Å². The van der Waals surface area contributed by atoms with Crippen LogP contribution in [0.5, 0.6) is 0 Å². The average molecular weight is 228 g/mol. The molecule has 0 spiro atoms. The Balaban J connectivity index is 2.33. The van der Waals surface area contributed by atoms with Crippen molar-refractivity contribution in [2.45, 2.75) is 39.2 Å². The van der Waals surface area contributed by atoms with E-state index >= 15 is 0 Å². The van der Waals surface area contributed by atoms with Gasteiger partial charge < -0.3 is 15.0 Å². The van der Waals surface area contributed by atoms with Gasteiger partial charge in [-0.2, -0.15) is 0 Å². The minimum Gasteiger partial charge on any atom is -0.381 e. The van der Waals surface area contributed by atoms with E-state index in [0.717, 1.165) is 19.8 Å². The van der Waals surface area contributed by atoms with Crippen molar-refractivity contribution in [2.24, 2.45) is 5.92 Å². The topological polar surface area (TPSA) is 24.5 Å². The van der Waals surface area contributed by atoms with Crippen molar-refractivity contribution in [3.63, 3.8) is 0 Å². The Bertz CT molecular complexity index is 169. The van der Waals surface area contributed by atoms with Crippen LogP contribution in [0.25, 0.3) is 0 Å². The maximum Gasteiger partial charge on any atom is 0.0510 e. The maximum atomic E-state index is 5.48. The van der Waals surface area contributed by atoms with Crippen molar-refractivity contribution in [2.75, 3.05) is 39.9 Å². The van der Waals surface area contributed by atoms with Gasteiger partial charge in [0.25, 0.3) is 0 Å². The lowest BCUT2D eigenvalue weighted by Crippen LogP contribution is -2.44. The lowest BCUT2D eigenvalue weighted by molar-refractivity contribution is 0.164. The molecule has 3 nitrogen and oxygen atoms in total. The van der Waals surface area contributed by atoms with Gasteiger partial charge in [-0.1, -0.05) is 20.3 Å². The van der Waals surface area contributed by atoms with Gasteiger partial charge in [0.15, 0.2) is 0 Å². The summed E-state index contributed by atoms with van der Waals surface area (Å²) in [4.78, 5) is 2.56. The third-order valence-electron chi connectivity index (χ3n) is 3.63. The molecule has 0 amide bonds. The molecule has 0 aromatic heterocycles. The highest BCUT2D eigenvalue weighted by atomic mass is 16.5. The Morgan fingerprint density at radius 3 is 2.75 bits per heavy atom. The predicted molar refractivity (Wildman–Crippen MR) is 68.8 cm³/mol. The second kappa shape index (κ2) is 8.04. The van der Waals surface area contributed by atoms with E-state index in [1.807, 2.05) is 0 Å². The van der Waals surface area contributed by atoms with E-state index in [0.29, 0.717) is 12.0 Å². The molecule has 96 valence electrons. The van der Waals surface area contributed by atoms with Crippen LogP contribution >= 0.6 is 0 Å². The zero-order chi connectivity index (χ0) is 11.8. The molecule has 0 aliphatic carbocycles. The van der Waals surface area contributed by atoms with E-state index in [-0.39, 0.29) is 0 Å². The second-order valence-corrected chi connectivity index (χ2v) is 4.77. The normalized spacial score (nSPS) is 22.9. The Hall–Kier alpha value is -0.120. The summed E-state index contributed by atoms with van der Waals surface area (Å²) in [5.74, 6) is 0.709. The van der Waals surface area contributed by atoms with E-state index in [2.05, 4.69) is 31.1 Å². The van der Waals surface area contributed by atoms with Crippen molar-refractivity contribution >= 4 is 0 Å². The quantitative estimate of drug-likeness (QED) is 0.685. The fourth-order valence-corrected chi connectivity index (χ4v) is 2.38. The summed E-state index contributed by atoms with van der Waals surface area (Å²) in [6.45, 7) is 9.97. The van der Waals surface area contributed by atoms with Crippen molar-refractivity contribution in [3.05, 3.63) is 0 Å². The van der Waals surface area contributed by atoms with E-state index in [1.165, 1.54) is 32.4 Å². The summed E-state index contributed by atoms with van der Waals surface area (Å²) >= 11 is 0. The molecule has 1 aliphatic rings. The molecular formula is C13H28N2O. The van der Waals surface area contributed by atoms with Gasteiger partial charge in [0.1, 0.15) is 0 Å². The van der Waals surface area contributed by atoms with Crippen molar-refractivity contribution in [1.82, 2.24) is 10.2 Å². The first-order valence-corrected chi connectivity index (χ1v) is 6.79. The zero-order valence-corrected chi connectivity index (χ0v) is 11.2. The van der Waals surface area contributed by atoms with Crippen LogP contribution in [-0.4, -0.2) is 50.8 Å². The van der Waals surface area contributed by atoms with Gasteiger partial charge in [-0.3, -0.25) is 0 Å². The largest absolute Gasteiger partial charge is 0.381 e. The molecule has 2 atom stereocenters. The highest BCUT2D eigenvalue weighted by Gasteiger charge is 2.25. The molecule has 0 bridgehead atoms. The molecule has 0 saturated carbocycles. The summed E-state index contributed by atoms with van der Waals surface area (Å²) in [5, 5.41) is 3.46. The molecule has 1 saturated heterocycles. The SMILES string of the molecule is CCCCN(CC)CC(NC)C1CCOC1. The van der Waals surface area contributed by atoms with Gasteiger partial charge in [-0.25, -0.2) is 0 Å². The summed E-state index contributed by atoms with van der Waals surface area (Å²) in [7, 11) is 2.08. The summed E-state index contributed by atoms with van der Waals surface area (Å²) in [6, 6.07) is 0.597. The third-order valence-corrected chi connectivity index (χ3v) is 3.63. The fraction of sp³-hybridized carbons (Fsp3) is 1.00. The van der Waals surface area contributed by atoms with E-state index in [1.54, 1.807) is 0 Å². The molecule has 1 aliphatic heterocycles. The second-order valence-electron chi connectivity index (χ2n) is 4.77. The van der Waals surface area contributed by atoms with Gasteiger partial charge in [-0.15, -0.1) is 0 Å². The molecule has 0 aromatic carbocycles. The van der Waals surface area contributed by atoms with Crippen LogP contribution in [0.1, 0.15) is 33.1 Å². The van der Waals surface area contributed by atoms with Crippen LogP contribution < -0.4 is 5.32 Å². The first-order chi connectivity index (χ1) is 7.81. The third kappa shape index (κ3) is 4.40. The summed E-state index contributed by atoms with van der Waals surface area (Å²) in [5.41, 5.74) is 0. The van der Waals surface area contributed by atoms with Gasteiger partial charge in [0.05, 0.1) is 6.61 Å². The number of nitrogens with one attached hydrogen (secondary N) is 1. The van der Waals surface area contributed by atoms with Crippen LogP contribution in [-0.2, 0) is 4.74 Å². The summed E-state index contributed by atoms with van der Waals surface area (Å²) < 4.78 is 5.48. The highest BCUT2D eigenvalue weighted by Crippen LogP contribution is 2.17. The lowest BCUT2D eigenvalue weighted by Gasteiger charge is -2.29. The monoisotopic (exact) mass is 228 g/mol. The lowest BCUT2D eigenvalue weighted by atomic mass is 9.98. The Kier molecular flexibility index (Phi) is 7.01. The van der Waals surface area contributed by atoms with Crippen LogP contribution in [0.4, 0.5) is 0 Å². The first kappa shape index (κ1) is 13.9. The molecule has 1 rings (SSSR count). The van der Waals surface area contributed by atoms with Crippen LogP contribution in [0, 0.1) is 5.92 Å². The first-order valence-electron chi connectivity index (χ1n) is 6.79. The fourth-order valence-electron chi connectivity index (χ4n) is 2.38. The molecule has 1 fully saturated rings. The minimum absolute atomic E-state index is 0.597. The average Bonchev–Trinajstić information content (AvgIpc) is 2.83. The Morgan fingerprint density at radius 1 is 1.44 bits per heavy atom. The van der Waals surface area contributed by atoms with Crippen LogP contribution in [0.3, 0.4) is 0 Å². The molecule has 2 unspecified atom stereocenters. The molecule has 1 N–H and O–H groups in total. The van der Waals surface area contributed by atoms with E-state index in [4.69, 9.17) is 4.74 Å². The molecule has 1 heterocycles. The number of hydrogen-bond acceptors (Lipinski definition) is 3. The van der Waals surface area contributed by atoms with E-state index < -0.39 is 0 Å². The smallest absolute Gasteiger partial charge is 0.0510 e. The Labute approximate surface area is 101 Å². The van der Waals surface area contributed by atoms with Crippen molar-refractivity contribution < 1.29 is 4.74 Å². The number of unbranched alkanes of at least 4 members (excludes halogenated alkanes) is 1. The van der Waals surface area contributed by atoms with Gasteiger partial charge >= 0.3 is 0 Å². The Morgan fingerprint density at radius 2 is 2.25 bits per heavy atom. The number of nitrogens with zero attached hydrogens (tertiary/aromatic N) is 1. The van der Waals surface area contributed by atoms with Crippen molar-refractivity contribution in [1.29, 1.82) is 0 Å². The number of likely N-dealkylation sites (N-methyl/N-ethyl adjacent to an activating group) is 2. The highest BCUT2D eigenvalue weighted by molar-refractivity contribution is 4.81. The van der Waals surface area contributed by atoms with Crippen molar-refractivity contribution in [3.8, 4) is 0 Å². The minimum atomic E-state index is 0.597. The zero-order valence-electron chi connectivity index (χ0n) is 11.2. The van der Waals surface area contributed by atoms with Gasteiger partial charge in [0, 0.05) is 25.1 Å². The van der Waals surface area contributed by atoms with Gasteiger partial charge in [0.2, 0.25) is 0 Å². The number of hydrogen-bond donors (Lipinski definition) is 1. The van der Waals surface area contributed by atoms with E-state index in [9.17, 15) is 0 Å². The molecule has 16 heavy (non-hydrogen) atoms. The molecule has 3 heteroatoms. The number of ether oxygens (including phenoxy) is 1. The predicted octanol–water partition coefficient (Wildman–Crippen LogP) is 1.73. The van der Waals surface area contributed by atoms with Crippen LogP contribution in [0.2, 0.25) is 0 Å². The maximum absolute atomic E-state index is 5.48. The molecular weight excluding hydrogens is 200 g/mol. The van der Waals surface area contributed by atoms with Crippen LogP contribution in [0.15, 0.2) is 0 Å². The number of rotatable bonds is 8.